The minimum atomic E-state index is 0.118. The summed E-state index contributed by atoms with van der Waals surface area (Å²) < 4.78 is 5.35. The number of nitrogens with zero attached hydrogens (tertiary/aromatic N) is 1. The largest absolute Gasteiger partial charge is 0.496 e. The van der Waals surface area contributed by atoms with E-state index in [1.807, 2.05) is 24.3 Å². The monoisotopic (exact) mass is 264 g/mol. The molecule has 4 heteroatoms. The highest BCUT2D eigenvalue weighted by Gasteiger charge is 2.07. The van der Waals surface area contributed by atoms with Gasteiger partial charge in [-0.2, -0.15) is 0 Å². The van der Waals surface area contributed by atoms with Crippen molar-refractivity contribution in [2.24, 2.45) is 0 Å². The molecule has 0 radical (unpaired) electrons. The highest BCUT2D eigenvalue weighted by molar-refractivity contribution is 6.20. The zero-order valence-corrected chi connectivity index (χ0v) is 11.4. The van der Waals surface area contributed by atoms with E-state index >= 15 is 0 Å². The van der Waals surface area contributed by atoms with Crippen LogP contribution < -0.4 is 10.1 Å². The lowest BCUT2D eigenvalue weighted by atomic mass is 10.1. The fourth-order valence-corrected chi connectivity index (χ4v) is 1.93. The van der Waals surface area contributed by atoms with Gasteiger partial charge in [0.2, 0.25) is 0 Å². The van der Waals surface area contributed by atoms with Crippen LogP contribution in [0, 0.1) is 0 Å². The van der Waals surface area contributed by atoms with E-state index in [9.17, 15) is 0 Å². The third kappa shape index (κ3) is 2.67. The smallest absolute Gasteiger partial charge is 0.134 e. The number of rotatable bonds is 5. The lowest BCUT2D eigenvalue weighted by molar-refractivity contribution is 0.420. The second-order valence-electron chi connectivity index (χ2n) is 4.10. The van der Waals surface area contributed by atoms with E-state index in [4.69, 9.17) is 16.3 Å². The summed E-state index contributed by atoms with van der Waals surface area (Å²) in [5.41, 5.74) is 0. The third-order valence-corrected chi connectivity index (χ3v) is 3.38. The second-order valence-corrected chi connectivity index (χ2v) is 4.72. The molecule has 1 unspecified atom stereocenters. The summed E-state index contributed by atoms with van der Waals surface area (Å²) in [6.07, 6.45) is 2.71. The average molecular weight is 265 g/mol. The molecule has 0 fully saturated rings. The Morgan fingerprint density at radius 2 is 2.17 bits per heavy atom. The van der Waals surface area contributed by atoms with Crippen LogP contribution in [0.4, 0.5) is 5.82 Å². The number of hydrogen-bond acceptors (Lipinski definition) is 3. The quantitative estimate of drug-likeness (QED) is 0.837. The van der Waals surface area contributed by atoms with Crippen LogP contribution in [-0.4, -0.2) is 24.0 Å². The van der Waals surface area contributed by atoms with Gasteiger partial charge >= 0.3 is 0 Å². The van der Waals surface area contributed by atoms with E-state index in [1.54, 1.807) is 13.3 Å². The number of fused-ring (bicyclic) bond motifs is 1. The Hall–Kier alpha value is -1.48. The van der Waals surface area contributed by atoms with E-state index in [0.29, 0.717) is 6.54 Å². The minimum Gasteiger partial charge on any atom is -0.496 e. The van der Waals surface area contributed by atoms with Crippen LogP contribution in [-0.2, 0) is 0 Å². The first-order chi connectivity index (χ1) is 8.76. The van der Waals surface area contributed by atoms with Crippen LogP contribution in [0.5, 0.6) is 5.75 Å². The van der Waals surface area contributed by atoms with Gasteiger partial charge in [-0.3, -0.25) is 0 Å². The highest BCUT2D eigenvalue weighted by Crippen LogP contribution is 2.28. The van der Waals surface area contributed by atoms with Crippen LogP contribution in [0.15, 0.2) is 30.5 Å². The molecule has 1 atom stereocenters. The van der Waals surface area contributed by atoms with Gasteiger partial charge in [0.15, 0.2) is 0 Å². The van der Waals surface area contributed by atoms with Gasteiger partial charge in [-0.25, -0.2) is 4.98 Å². The summed E-state index contributed by atoms with van der Waals surface area (Å²) >= 11 is 6.11. The number of aromatic nitrogens is 1. The molecule has 1 aromatic heterocycles. The molecule has 0 aliphatic rings. The van der Waals surface area contributed by atoms with Crippen molar-refractivity contribution in [1.82, 2.24) is 4.98 Å². The molecule has 1 N–H and O–H groups in total. The predicted molar refractivity (Wildman–Crippen MR) is 76.7 cm³/mol. The molecule has 18 heavy (non-hydrogen) atoms. The van der Waals surface area contributed by atoms with Gasteiger partial charge in [-0.15, -0.1) is 11.6 Å². The summed E-state index contributed by atoms with van der Waals surface area (Å²) in [4.78, 5) is 4.36. The van der Waals surface area contributed by atoms with Gasteiger partial charge in [0.05, 0.1) is 12.5 Å². The average Bonchev–Trinajstić information content (AvgIpc) is 2.43. The topological polar surface area (TPSA) is 34.2 Å². The molecule has 0 spiro atoms. The first kappa shape index (κ1) is 13.0. The molecule has 0 saturated carbocycles. The number of alkyl halides is 1. The maximum absolute atomic E-state index is 6.11. The van der Waals surface area contributed by atoms with Gasteiger partial charge in [-0.05, 0) is 18.6 Å². The SMILES string of the molecule is CCC(Cl)CNc1nccc2c(OC)cccc12. The van der Waals surface area contributed by atoms with E-state index in [1.165, 1.54) is 0 Å². The zero-order chi connectivity index (χ0) is 13.0. The van der Waals surface area contributed by atoms with E-state index in [-0.39, 0.29) is 5.38 Å². The van der Waals surface area contributed by atoms with E-state index in [0.717, 1.165) is 28.8 Å². The summed E-state index contributed by atoms with van der Waals surface area (Å²) in [5, 5.41) is 5.52. The molecule has 3 nitrogen and oxygen atoms in total. The third-order valence-electron chi connectivity index (χ3n) is 2.92. The molecular weight excluding hydrogens is 248 g/mol. The predicted octanol–water partition coefficient (Wildman–Crippen LogP) is 3.67. The van der Waals surface area contributed by atoms with Crippen molar-refractivity contribution < 1.29 is 4.74 Å². The fraction of sp³-hybridized carbons (Fsp3) is 0.357. The van der Waals surface area contributed by atoms with Crippen LogP contribution in [0.1, 0.15) is 13.3 Å². The second kappa shape index (κ2) is 5.91. The Kier molecular flexibility index (Phi) is 4.26. The molecule has 1 heterocycles. The van der Waals surface area contributed by atoms with Crippen molar-refractivity contribution in [3.63, 3.8) is 0 Å². The number of methoxy groups -OCH3 is 1. The van der Waals surface area contributed by atoms with Crippen molar-refractivity contribution in [2.75, 3.05) is 19.0 Å². The van der Waals surface area contributed by atoms with Crippen LogP contribution >= 0.6 is 11.6 Å². The molecule has 1 aromatic carbocycles. The maximum Gasteiger partial charge on any atom is 0.134 e. The van der Waals surface area contributed by atoms with Gasteiger partial charge < -0.3 is 10.1 Å². The Morgan fingerprint density at radius 3 is 2.89 bits per heavy atom. The molecule has 0 aliphatic carbocycles. The lowest BCUT2D eigenvalue weighted by Crippen LogP contribution is -2.14. The van der Waals surface area contributed by atoms with E-state index < -0.39 is 0 Å². The summed E-state index contributed by atoms with van der Waals surface area (Å²) in [6.45, 7) is 2.78. The molecule has 0 aliphatic heterocycles. The minimum absolute atomic E-state index is 0.118. The van der Waals surface area contributed by atoms with E-state index in [2.05, 4.69) is 17.2 Å². The zero-order valence-electron chi connectivity index (χ0n) is 10.6. The van der Waals surface area contributed by atoms with Crippen molar-refractivity contribution in [2.45, 2.75) is 18.7 Å². The number of pyridine rings is 1. The van der Waals surface area contributed by atoms with Crippen LogP contribution in [0.2, 0.25) is 0 Å². The van der Waals surface area contributed by atoms with Gasteiger partial charge in [0.1, 0.15) is 11.6 Å². The Balaban J connectivity index is 2.34. The molecular formula is C14H17ClN2O. The molecule has 2 rings (SSSR count). The van der Waals surface area contributed by atoms with Gasteiger partial charge in [0, 0.05) is 23.5 Å². The number of halogens is 1. The summed E-state index contributed by atoms with van der Waals surface area (Å²) in [6, 6.07) is 7.90. The van der Waals surface area contributed by atoms with Crippen molar-refractivity contribution in [3.05, 3.63) is 30.5 Å². The van der Waals surface area contributed by atoms with Crippen molar-refractivity contribution in [3.8, 4) is 5.75 Å². The Labute approximate surface area is 112 Å². The fourth-order valence-electron chi connectivity index (χ4n) is 1.85. The number of hydrogen-bond donors (Lipinski definition) is 1. The summed E-state index contributed by atoms with van der Waals surface area (Å²) in [5.74, 6) is 1.71. The normalized spacial score (nSPS) is 12.4. The molecule has 0 amide bonds. The first-order valence-electron chi connectivity index (χ1n) is 6.06. The van der Waals surface area contributed by atoms with Gasteiger partial charge in [-0.1, -0.05) is 19.1 Å². The lowest BCUT2D eigenvalue weighted by Gasteiger charge is -2.12. The number of ether oxygens (including phenoxy) is 1. The molecule has 96 valence electrons. The number of nitrogens with one attached hydrogen (secondary N) is 1. The highest BCUT2D eigenvalue weighted by atomic mass is 35.5. The van der Waals surface area contributed by atoms with Gasteiger partial charge in [0.25, 0.3) is 0 Å². The standard InChI is InChI=1S/C14H17ClN2O/c1-3-10(15)9-17-14-12-5-4-6-13(18-2)11(12)7-8-16-14/h4-8,10H,3,9H2,1-2H3,(H,16,17). The summed E-state index contributed by atoms with van der Waals surface area (Å²) in [7, 11) is 1.67. The van der Waals surface area contributed by atoms with Crippen LogP contribution in [0.25, 0.3) is 10.8 Å². The maximum atomic E-state index is 6.11. The number of anilines is 1. The Morgan fingerprint density at radius 1 is 1.33 bits per heavy atom. The first-order valence-corrected chi connectivity index (χ1v) is 6.49. The van der Waals surface area contributed by atoms with Crippen LogP contribution in [0.3, 0.4) is 0 Å². The molecule has 2 aromatic rings. The Bertz CT molecular complexity index is 530. The van der Waals surface area contributed by atoms with Crippen molar-refractivity contribution in [1.29, 1.82) is 0 Å². The molecule has 0 bridgehead atoms. The number of benzene rings is 1. The molecule has 0 saturated heterocycles. The van der Waals surface area contributed by atoms with Crippen molar-refractivity contribution >= 4 is 28.2 Å².